The summed E-state index contributed by atoms with van der Waals surface area (Å²) in [6.07, 6.45) is 5.23. The van der Waals surface area contributed by atoms with Crippen LogP contribution in [0.1, 0.15) is 43.4 Å². The number of quaternary nitrogens is 1. The molecule has 2 N–H and O–H groups in total. The van der Waals surface area contributed by atoms with Gasteiger partial charge in [-0.05, 0) is 30.7 Å². The van der Waals surface area contributed by atoms with Gasteiger partial charge in [0, 0.05) is 36.2 Å². The van der Waals surface area contributed by atoms with Gasteiger partial charge in [0.2, 0.25) is 0 Å². The average Bonchev–Trinajstić information content (AvgIpc) is 3.25. The summed E-state index contributed by atoms with van der Waals surface area (Å²) < 4.78 is 11.0. The predicted molar refractivity (Wildman–Crippen MR) is 112 cm³/mol. The summed E-state index contributed by atoms with van der Waals surface area (Å²) in [4.78, 5) is 6.25. The van der Waals surface area contributed by atoms with Gasteiger partial charge >= 0.3 is 0 Å². The fourth-order valence-corrected chi connectivity index (χ4v) is 3.70. The molecule has 2 aromatic rings. The second-order valence-electron chi connectivity index (χ2n) is 7.26. The molecule has 1 fully saturated rings. The number of phenols is 1. The first-order chi connectivity index (χ1) is 13.7. The molecule has 0 aliphatic carbocycles. The van der Waals surface area contributed by atoms with Gasteiger partial charge in [-0.3, -0.25) is 4.99 Å². The third-order valence-electron chi connectivity index (χ3n) is 5.23. The molecule has 2 aromatic carbocycles. The molecule has 1 aliphatic heterocycles. The van der Waals surface area contributed by atoms with E-state index in [1.807, 2.05) is 24.3 Å². The summed E-state index contributed by atoms with van der Waals surface area (Å²) in [5.41, 5.74) is 1.96. The molecule has 0 radical (unpaired) electrons. The highest BCUT2D eigenvalue weighted by atomic mass is 16.5. The maximum atomic E-state index is 10.3. The summed E-state index contributed by atoms with van der Waals surface area (Å²) in [7, 11) is 1.70. The zero-order valence-corrected chi connectivity index (χ0v) is 16.9. The Morgan fingerprint density at radius 3 is 2.68 bits per heavy atom. The number of phenolic OH excluding ortho intramolecular Hbond substituents is 1. The Balaban J connectivity index is 1.72. The van der Waals surface area contributed by atoms with Gasteiger partial charge < -0.3 is 19.5 Å². The number of methoxy groups -OCH3 is 1. The maximum Gasteiger partial charge on any atom is 0.133 e. The van der Waals surface area contributed by atoms with Crippen molar-refractivity contribution >= 4 is 6.21 Å². The van der Waals surface area contributed by atoms with E-state index in [9.17, 15) is 5.11 Å². The van der Waals surface area contributed by atoms with Crippen LogP contribution < -0.4 is 14.4 Å². The first-order valence-electron chi connectivity index (χ1n) is 10.2. The number of aromatic hydroxyl groups is 1. The maximum absolute atomic E-state index is 10.3. The molecular weight excluding hydrogens is 352 g/mol. The molecule has 28 heavy (non-hydrogen) atoms. The lowest BCUT2D eigenvalue weighted by Gasteiger charge is -2.24. The van der Waals surface area contributed by atoms with Crippen molar-refractivity contribution in [2.45, 2.75) is 32.2 Å². The van der Waals surface area contributed by atoms with Crippen LogP contribution in [0.25, 0.3) is 0 Å². The van der Waals surface area contributed by atoms with Gasteiger partial charge in [0.05, 0.1) is 33.4 Å². The van der Waals surface area contributed by atoms with Gasteiger partial charge in [-0.2, -0.15) is 0 Å². The largest absolute Gasteiger partial charge is 0.507 e. The molecular formula is C23H31N2O3+. The summed E-state index contributed by atoms with van der Waals surface area (Å²) in [5, 5.41) is 10.3. The molecule has 3 rings (SSSR count). The number of hydrogen-bond donors (Lipinski definition) is 2. The Kier molecular flexibility index (Phi) is 7.31. The number of rotatable bonds is 9. The minimum atomic E-state index is 0.198. The summed E-state index contributed by atoms with van der Waals surface area (Å²) in [6.45, 7) is 5.73. The molecule has 1 aliphatic rings. The second kappa shape index (κ2) is 10.1. The highest BCUT2D eigenvalue weighted by Gasteiger charge is 2.27. The van der Waals surface area contributed by atoms with E-state index in [1.54, 1.807) is 24.3 Å². The van der Waals surface area contributed by atoms with E-state index in [4.69, 9.17) is 9.47 Å². The monoisotopic (exact) mass is 383 g/mol. The predicted octanol–water partition coefficient (Wildman–Crippen LogP) is 3.03. The summed E-state index contributed by atoms with van der Waals surface area (Å²) in [6, 6.07) is 14.0. The molecule has 5 heteroatoms. The van der Waals surface area contributed by atoms with Gasteiger partial charge in [0.1, 0.15) is 23.3 Å². The van der Waals surface area contributed by atoms with E-state index in [2.05, 4.69) is 24.0 Å². The number of benzene rings is 2. The van der Waals surface area contributed by atoms with Crippen molar-refractivity contribution in [2.24, 2.45) is 4.99 Å². The van der Waals surface area contributed by atoms with Gasteiger partial charge in [-0.1, -0.05) is 19.1 Å². The molecule has 0 spiro atoms. The lowest BCUT2D eigenvalue weighted by Crippen LogP contribution is -3.10. The minimum Gasteiger partial charge on any atom is -0.507 e. The SMILES string of the molecule is CCCOc1ccc(C=NC[C@H](c2cccc(OC)c2)[NH+]2CCCC2)c(O)c1. The van der Waals surface area contributed by atoms with E-state index in [0.717, 1.165) is 12.2 Å². The van der Waals surface area contributed by atoms with E-state index in [-0.39, 0.29) is 5.75 Å². The summed E-state index contributed by atoms with van der Waals surface area (Å²) >= 11 is 0. The molecule has 1 heterocycles. The van der Waals surface area contributed by atoms with Crippen LogP contribution in [0, 0.1) is 0 Å². The lowest BCUT2D eigenvalue weighted by molar-refractivity contribution is -0.918. The fourth-order valence-electron chi connectivity index (χ4n) is 3.70. The van der Waals surface area contributed by atoms with Crippen LogP contribution in [0.15, 0.2) is 47.5 Å². The van der Waals surface area contributed by atoms with Crippen LogP contribution in [0.5, 0.6) is 17.2 Å². The van der Waals surface area contributed by atoms with Crippen molar-refractivity contribution < 1.29 is 19.5 Å². The number of nitrogens with one attached hydrogen (secondary N) is 1. The van der Waals surface area contributed by atoms with Crippen LogP contribution in [-0.4, -0.2) is 44.7 Å². The molecule has 0 unspecified atom stereocenters. The Morgan fingerprint density at radius 1 is 1.14 bits per heavy atom. The molecule has 0 amide bonds. The Labute approximate surface area is 167 Å². The molecule has 1 saturated heterocycles. The van der Waals surface area contributed by atoms with Crippen molar-refractivity contribution in [2.75, 3.05) is 33.4 Å². The highest BCUT2D eigenvalue weighted by Crippen LogP contribution is 2.23. The first-order valence-corrected chi connectivity index (χ1v) is 10.2. The minimum absolute atomic E-state index is 0.198. The fraction of sp³-hybridized carbons (Fsp3) is 0.435. The second-order valence-corrected chi connectivity index (χ2v) is 7.26. The first kappa shape index (κ1) is 20.2. The highest BCUT2D eigenvalue weighted by molar-refractivity contribution is 5.83. The normalized spacial score (nSPS) is 15.8. The van der Waals surface area contributed by atoms with Crippen LogP contribution in [0.3, 0.4) is 0 Å². The Bertz CT molecular complexity index is 785. The number of likely N-dealkylation sites (tertiary alicyclic amines) is 1. The quantitative estimate of drug-likeness (QED) is 0.655. The van der Waals surface area contributed by atoms with Crippen molar-refractivity contribution in [1.29, 1.82) is 0 Å². The molecule has 1 atom stereocenters. The van der Waals surface area contributed by atoms with Crippen LogP contribution >= 0.6 is 0 Å². The average molecular weight is 384 g/mol. The molecule has 5 nitrogen and oxygen atoms in total. The third kappa shape index (κ3) is 5.26. The molecule has 0 aromatic heterocycles. The molecule has 150 valence electrons. The van der Waals surface area contributed by atoms with Crippen molar-refractivity contribution in [1.82, 2.24) is 0 Å². The van der Waals surface area contributed by atoms with E-state index in [0.29, 0.717) is 30.5 Å². The topological polar surface area (TPSA) is 55.5 Å². The molecule has 0 saturated carbocycles. The lowest BCUT2D eigenvalue weighted by atomic mass is 10.1. The zero-order valence-electron chi connectivity index (χ0n) is 16.9. The Hall–Kier alpha value is -2.53. The van der Waals surface area contributed by atoms with Crippen LogP contribution in [0.2, 0.25) is 0 Å². The summed E-state index contributed by atoms with van der Waals surface area (Å²) in [5.74, 6) is 1.77. The molecule has 0 bridgehead atoms. The zero-order chi connectivity index (χ0) is 19.8. The van der Waals surface area contributed by atoms with Gasteiger partial charge in [-0.15, -0.1) is 0 Å². The van der Waals surface area contributed by atoms with Gasteiger partial charge in [0.15, 0.2) is 0 Å². The van der Waals surface area contributed by atoms with Gasteiger partial charge in [-0.25, -0.2) is 0 Å². The number of ether oxygens (including phenoxy) is 2. The van der Waals surface area contributed by atoms with Crippen molar-refractivity contribution in [3.05, 3.63) is 53.6 Å². The van der Waals surface area contributed by atoms with E-state index >= 15 is 0 Å². The van der Waals surface area contributed by atoms with Crippen LogP contribution in [0.4, 0.5) is 0 Å². The smallest absolute Gasteiger partial charge is 0.133 e. The standard InChI is InChI=1S/C23H30N2O3/c1-3-13-28-21-10-9-19(23(26)15-21)16-24-17-22(25-11-4-5-12-25)18-7-6-8-20(14-18)27-2/h6-10,14-16,22,26H,3-5,11-13,17H2,1-2H3/p+1/t22-/m1/s1. The third-order valence-corrected chi connectivity index (χ3v) is 5.23. The van der Waals surface area contributed by atoms with Gasteiger partial charge in [0.25, 0.3) is 0 Å². The Morgan fingerprint density at radius 2 is 1.96 bits per heavy atom. The van der Waals surface area contributed by atoms with Crippen LogP contribution in [-0.2, 0) is 0 Å². The number of aliphatic imine (C=N–C) groups is 1. The van der Waals surface area contributed by atoms with E-state index < -0.39 is 0 Å². The number of hydrogen-bond acceptors (Lipinski definition) is 4. The number of nitrogens with zero attached hydrogens (tertiary/aromatic N) is 1. The van der Waals surface area contributed by atoms with E-state index in [1.165, 1.54) is 31.5 Å². The van der Waals surface area contributed by atoms with Crippen molar-refractivity contribution in [3.8, 4) is 17.2 Å². The van der Waals surface area contributed by atoms with Crippen molar-refractivity contribution in [3.63, 3.8) is 0 Å².